The molecule has 1 aliphatic heterocycles. The Morgan fingerprint density at radius 1 is 1.26 bits per heavy atom. The van der Waals surface area contributed by atoms with Gasteiger partial charge in [-0.2, -0.15) is 4.31 Å². The lowest BCUT2D eigenvalue weighted by molar-refractivity contribution is 0.339. The van der Waals surface area contributed by atoms with Crippen molar-refractivity contribution in [1.29, 1.82) is 0 Å². The van der Waals surface area contributed by atoms with Crippen LogP contribution in [-0.4, -0.2) is 37.8 Å². The predicted molar refractivity (Wildman–Crippen MR) is 75.2 cm³/mol. The summed E-state index contributed by atoms with van der Waals surface area (Å²) in [6.07, 6.45) is 1.41. The van der Waals surface area contributed by atoms with Crippen molar-refractivity contribution in [2.24, 2.45) is 0 Å². The quantitative estimate of drug-likeness (QED) is 0.803. The number of benzene rings is 1. The minimum atomic E-state index is -3.40. The lowest BCUT2D eigenvalue weighted by atomic mass is 10.2. The molecule has 6 heteroatoms. The third kappa shape index (κ3) is 3.41. The molecule has 1 aliphatic rings. The highest BCUT2D eigenvalue weighted by molar-refractivity contribution is 7.89. The van der Waals surface area contributed by atoms with Gasteiger partial charge in [0.2, 0.25) is 10.0 Å². The number of rotatable bonds is 4. The summed E-state index contributed by atoms with van der Waals surface area (Å²) in [6, 6.07) is 6.55. The summed E-state index contributed by atoms with van der Waals surface area (Å²) in [7, 11) is -3.40. The van der Waals surface area contributed by atoms with Gasteiger partial charge in [0.15, 0.2) is 0 Å². The average Bonchev–Trinajstić information content (AvgIpc) is 2.40. The van der Waals surface area contributed by atoms with Gasteiger partial charge >= 0.3 is 0 Å². The molecule has 1 fully saturated rings. The van der Waals surface area contributed by atoms with Crippen molar-refractivity contribution >= 4 is 21.6 Å². The molecule has 0 bridgehead atoms. The zero-order chi connectivity index (χ0) is 13.9. The lowest BCUT2D eigenvalue weighted by Crippen LogP contribution is -2.38. The first-order chi connectivity index (χ1) is 9.04. The Balaban J connectivity index is 2.15. The van der Waals surface area contributed by atoms with Crippen molar-refractivity contribution in [2.75, 3.05) is 19.7 Å². The molecule has 2 rings (SSSR count). The van der Waals surface area contributed by atoms with Crippen molar-refractivity contribution < 1.29 is 13.2 Å². The van der Waals surface area contributed by atoms with Crippen LogP contribution in [0.1, 0.15) is 19.8 Å². The van der Waals surface area contributed by atoms with Crippen molar-refractivity contribution in [3.8, 4) is 5.75 Å². The molecule has 0 spiro atoms. The van der Waals surface area contributed by atoms with Crippen molar-refractivity contribution in [3.63, 3.8) is 0 Å². The molecular formula is C13H18ClNO3S. The van der Waals surface area contributed by atoms with Gasteiger partial charge in [0.25, 0.3) is 0 Å². The van der Waals surface area contributed by atoms with Gasteiger partial charge in [0.05, 0.1) is 11.5 Å². The van der Waals surface area contributed by atoms with E-state index >= 15 is 0 Å². The Kier molecular flexibility index (Phi) is 4.71. The van der Waals surface area contributed by atoms with E-state index < -0.39 is 10.0 Å². The Morgan fingerprint density at radius 2 is 1.84 bits per heavy atom. The maximum absolute atomic E-state index is 12.4. The largest absolute Gasteiger partial charge is 0.494 e. The first-order valence-electron chi connectivity index (χ1n) is 6.41. The second kappa shape index (κ2) is 6.11. The van der Waals surface area contributed by atoms with Crippen molar-refractivity contribution in [2.45, 2.75) is 30.0 Å². The molecule has 4 nitrogen and oxygen atoms in total. The highest BCUT2D eigenvalue weighted by Crippen LogP contribution is 2.24. The second-order valence-electron chi connectivity index (χ2n) is 4.48. The van der Waals surface area contributed by atoms with E-state index in [0.717, 1.165) is 0 Å². The molecule has 0 radical (unpaired) electrons. The third-order valence-electron chi connectivity index (χ3n) is 3.16. The predicted octanol–water partition coefficient (Wildman–Crippen LogP) is 2.48. The maximum atomic E-state index is 12.4. The normalized spacial score (nSPS) is 18.4. The summed E-state index contributed by atoms with van der Waals surface area (Å²) in [5, 5.41) is 0.0896. The van der Waals surface area contributed by atoms with Gasteiger partial charge < -0.3 is 4.74 Å². The topological polar surface area (TPSA) is 46.6 Å². The summed E-state index contributed by atoms with van der Waals surface area (Å²) in [4.78, 5) is 0.309. The summed E-state index contributed by atoms with van der Waals surface area (Å²) in [5.74, 6) is 0.681. The van der Waals surface area contributed by atoms with E-state index in [0.29, 0.717) is 43.2 Å². The number of alkyl halides is 1. The number of halogens is 1. The highest BCUT2D eigenvalue weighted by Gasteiger charge is 2.28. The van der Waals surface area contributed by atoms with Crippen LogP contribution in [0.15, 0.2) is 29.2 Å². The first kappa shape index (κ1) is 14.6. The van der Waals surface area contributed by atoms with Gasteiger partial charge in [-0.1, -0.05) is 0 Å². The van der Waals surface area contributed by atoms with Gasteiger partial charge in [-0.3, -0.25) is 0 Å². The number of nitrogens with zero attached hydrogens (tertiary/aromatic N) is 1. The van der Waals surface area contributed by atoms with Gasteiger partial charge in [0.1, 0.15) is 5.75 Å². The molecule has 0 saturated carbocycles. The van der Waals surface area contributed by atoms with Crippen LogP contribution < -0.4 is 4.74 Å². The number of hydrogen-bond acceptors (Lipinski definition) is 3. The van der Waals surface area contributed by atoms with Crippen LogP contribution >= 0.6 is 11.6 Å². The van der Waals surface area contributed by atoms with E-state index in [1.807, 2.05) is 6.92 Å². The van der Waals surface area contributed by atoms with Gasteiger partial charge in [-0.05, 0) is 44.0 Å². The summed E-state index contributed by atoms with van der Waals surface area (Å²) < 4.78 is 31.6. The van der Waals surface area contributed by atoms with E-state index in [2.05, 4.69) is 0 Å². The molecule has 0 aliphatic carbocycles. The SMILES string of the molecule is CCOc1ccc(S(=O)(=O)N2CCC(Cl)CC2)cc1. The van der Waals surface area contributed by atoms with Gasteiger partial charge in [-0.15, -0.1) is 11.6 Å². The summed E-state index contributed by atoms with van der Waals surface area (Å²) >= 11 is 6.00. The van der Waals surface area contributed by atoms with Crippen LogP contribution in [0.5, 0.6) is 5.75 Å². The van der Waals surface area contributed by atoms with E-state index in [9.17, 15) is 8.42 Å². The van der Waals surface area contributed by atoms with E-state index in [1.165, 1.54) is 4.31 Å². The molecule has 0 atom stereocenters. The van der Waals surface area contributed by atoms with Gasteiger partial charge in [0, 0.05) is 18.5 Å². The zero-order valence-corrected chi connectivity index (χ0v) is 12.5. The monoisotopic (exact) mass is 303 g/mol. The number of sulfonamides is 1. The first-order valence-corrected chi connectivity index (χ1v) is 8.28. The lowest BCUT2D eigenvalue weighted by Gasteiger charge is -2.28. The van der Waals surface area contributed by atoms with E-state index in [-0.39, 0.29) is 5.38 Å². The van der Waals surface area contributed by atoms with Gasteiger partial charge in [-0.25, -0.2) is 8.42 Å². The fraction of sp³-hybridized carbons (Fsp3) is 0.538. The highest BCUT2D eigenvalue weighted by atomic mass is 35.5. The average molecular weight is 304 g/mol. The molecule has 106 valence electrons. The maximum Gasteiger partial charge on any atom is 0.243 e. The zero-order valence-electron chi connectivity index (χ0n) is 10.9. The van der Waals surface area contributed by atoms with Crippen LogP contribution in [0.2, 0.25) is 0 Å². The molecule has 1 heterocycles. The Bertz CT molecular complexity index is 507. The van der Waals surface area contributed by atoms with Crippen LogP contribution in [0.3, 0.4) is 0 Å². The fourth-order valence-corrected chi connectivity index (χ4v) is 3.75. The number of ether oxygens (including phenoxy) is 1. The second-order valence-corrected chi connectivity index (χ2v) is 7.04. The van der Waals surface area contributed by atoms with Crippen molar-refractivity contribution in [1.82, 2.24) is 4.31 Å². The Labute approximate surface area is 119 Å². The molecule has 0 amide bonds. The molecular weight excluding hydrogens is 286 g/mol. The Hall–Kier alpha value is -0.780. The summed E-state index contributed by atoms with van der Waals surface area (Å²) in [6.45, 7) is 3.43. The van der Waals surface area contributed by atoms with E-state index in [1.54, 1.807) is 24.3 Å². The standard InChI is InChI=1S/C13H18ClNO3S/c1-2-18-12-3-5-13(6-4-12)19(16,17)15-9-7-11(14)8-10-15/h3-6,11H,2,7-10H2,1H3. The molecule has 1 aromatic carbocycles. The number of piperidine rings is 1. The Morgan fingerprint density at radius 3 is 2.37 bits per heavy atom. The van der Waals surface area contributed by atoms with E-state index in [4.69, 9.17) is 16.3 Å². The smallest absolute Gasteiger partial charge is 0.243 e. The van der Waals surface area contributed by atoms with Crippen LogP contribution in [0.4, 0.5) is 0 Å². The minimum absolute atomic E-state index is 0.0896. The minimum Gasteiger partial charge on any atom is -0.494 e. The molecule has 19 heavy (non-hydrogen) atoms. The van der Waals surface area contributed by atoms with Crippen LogP contribution in [0.25, 0.3) is 0 Å². The van der Waals surface area contributed by atoms with Crippen LogP contribution in [0, 0.1) is 0 Å². The molecule has 0 aromatic heterocycles. The molecule has 1 aromatic rings. The third-order valence-corrected chi connectivity index (χ3v) is 5.51. The molecule has 0 N–H and O–H groups in total. The molecule has 1 saturated heterocycles. The number of hydrogen-bond donors (Lipinski definition) is 0. The fourth-order valence-electron chi connectivity index (χ4n) is 2.09. The summed E-state index contributed by atoms with van der Waals surface area (Å²) in [5.41, 5.74) is 0. The van der Waals surface area contributed by atoms with Crippen molar-refractivity contribution in [3.05, 3.63) is 24.3 Å². The van der Waals surface area contributed by atoms with Crippen LogP contribution in [-0.2, 0) is 10.0 Å². The molecule has 0 unspecified atom stereocenters.